The fraction of sp³-hybridized carbons (Fsp3) is 0.344. The van der Waals surface area contributed by atoms with Crippen LogP contribution in [-0.2, 0) is 11.2 Å². The van der Waals surface area contributed by atoms with Crippen molar-refractivity contribution < 1.29 is 18.4 Å². The van der Waals surface area contributed by atoms with Crippen molar-refractivity contribution >= 4 is 34.3 Å². The van der Waals surface area contributed by atoms with Crippen LogP contribution in [0.4, 0.5) is 15.8 Å². The lowest BCUT2D eigenvalue weighted by Gasteiger charge is -2.34. The standard InChI is InChI=1S/C32H34FN5O3/c1-21-34-28-19-24(6-11-30(28)41-21)32(40)38-20-23(16-22-4-3-5-25(33)17-22)18-29(38)31(39)35-26-7-9-27(10-8-26)37-14-12-36(2)13-15-37/h3-11,17,19,23,29H,12-16,18,20H2,1-2H3,(H,35,39)/t23-,29+/m1/s1. The summed E-state index contributed by atoms with van der Waals surface area (Å²) < 4.78 is 19.4. The summed E-state index contributed by atoms with van der Waals surface area (Å²) in [5.41, 5.74) is 4.33. The third-order valence-electron chi connectivity index (χ3n) is 8.11. The molecule has 0 bridgehead atoms. The second kappa shape index (κ2) is 11.3. The maximum atomic E-state index is 13.9. The van der Waals surface area contributed by atoms with Gasteiger partial charge in [-0.25, -0.2) is 9.37 Å². The second-order valence-electron chi connectivity index (χ2n) is 11.2. The summed E-state index contributed by atoms with van der Waals surface area (Å²) >= 11 is 0. The lowest BCUT2D eigenvalue weighted by molar-refractivity contribution is -0.119. The van der Waals surface area contributed by atoms with Gasteiger partial charge in [-0.1, -0.05) is 12.1 Å². The van der Waals surface area contributed by atoms with Gasteiger partial charge < -0.3 is 24.4 Å². The van der Waals surface area contributed by atoms with Crippen molar-refractivity contribution in [3.8, 4) is 0 Å². The number of likely N-dealkylation sites (N-methyl/N-ethyl adjacent to an activating group) is 1. The molecular weight excluding hydrogens is 521 g/mol. The highest BCUT2D eigenvalue weighted by molar-refractivity contribution is 6.02. The third kappa shape index (κ3) is 5.95. The number of likely N-dealkylation sites (tertiary alicyclic amines) is 1. The van der Waals surface area contributed by atoms with Gasteiger partial charge in [-0.15, -0.1) is 0 Å². The zero-order valence-electron chi connectivity index (χ0n) is 23.3. The molecule has 4 aromatic rings. The molecule has 2 saturated heterocycles. The average Bonchev–Trinajstić information content (AvgIpc) is 3.55. The number of oxazole rings is 1. The number of piperazine rings is 1. The molecule has 1 aromatic heterocycles. The van der Waals surface area contributed by atoms with E-state index in [1.807, 2.05) is 30.3 Å². The molecule has 0 spiro atoms. The quantitative estimate of drug-likeness (QED) is 0.370. The van der Waals surface area contributed by atoms with Gasteiger partial charge in [-0.3, -0.25) is 9.59 Å². The molecule has 1 N–H and O–H groups in total. The Labute approximate surface area is 238 Å². The number of amides is 2. The highest BCUT2D eigenvalue weighted by atomic mass is 19.1. The molecule has 0 aliphatic carbocycles. The van der Waals surface area contributed by atoms with Gasteiger partial charge in [0.2, 0.25) is 5.91 Å². The number of aromatic nitrogens is 1. The van der Waals surface area contributed by atoms with Crippen molar-refractivity contribution in [1.29, 1.82) is 0 Å². The van der Waals surface area contributed by atoms with Crippen LogP contribution in [-0.4, -0.2) is 72.4 Å². The summed E-state index contributed by atoms with van der Waals surface area (Å²) in [5, 5.41) is 3.04. The first-order valence-corrected chi connectivity index (χ1v) is 14.1. The average molecular weight is 556 g/mol. The van der Waals surface area contributed by atoms with Gasteiger partial charge in [-0.05, 0) is 86.0 Å². The first-order chi connectivity index (χ1) is 19.8. The number of carbonyl (C=O) groups excluding carboxylic acids is 2. The Kier molecular flexibility index (Phi) is 7.45. The zero-order valence-corrected chi connectivity index (χ0v) is 23.3. The van der Waals surface area contributed by atoms with Crippen LogP contribution in [0.2, 0.25) is 0 Å². The van der Waals surface area contributed by atoms with Crippen molar-refractivity contribution in [2.24, 2.45) is 5.92 Å². The van der Waals surface area contributed by atoms with E-state index in [9.17, 15) is 14.0 Å². The van der Waals surface area contributed by atoms with E-state index in [0.717, 1.165) is 37.4 Å². The van der Waals surface area contributed by atoms with Gasteiger partial charge in [0.1, 0.15) is 17.4 Å². The van der Waals surface area contributed by atoms with Crippen molar-refractivity contribution in [1.82, 2.24) is 14.8 Å². The number of fused-ring (bicyclic) bond motifs is 1. The molecule has 2 aliphatic heterocycles. The van der Waals surface area contributed by atoms with Crippen molar-refractivity contribution in [2.75, 3.05) is 50.0 Å². The van der Waals surface area contributed by atoms with Crippen LogP contribution in [0.1, 0.15) is 28.2 Å². The van der Waals surface area contributed by atoms with E-state index >= 15 is 0 Å². The highest BCUT2D eigenvalue weighted by Crippen LogP contribution is 2.30. The van der Waals surface area contributed by atoms with Gasteiger partial charge in [-0.2, -0.15) is 0 Å². The first-order valence-electron chi connectivity index (χ1n) is 14.1. The molecule has 0 radical (unpaired) electrons. The molecule has 212 valence electrons. The topological polar surface area (TPSA) is 81.9 Å². The lowest BCUT2D eigenvalue weighted by atomic mass is 9.96. The maximum absolute atomic E-state index is 13.9. The van der Waals surface area contributed by atoms with Crippen LogP contribution < -0.4 is 10.2 Å². The van der Waals surface area contributed by atoms with Crippen molar-refractivity contribution in [3.63, 3.8) is 0 Å². The van der Waals surface area contributed by atoms with E-state index in [-0.39, 0.29) is 23.5 Å². The Balaban J connectivity index is 1.20. The highest BCUT2D eigenvalue weighted by Gasteiger charge is 2.40. The predicted octanol–water partition coefficient (Wildman–Crippen LogP) is 4.74. The number of carbonyl (C=O) groups is 2. The molecule has 2 atom stereocenters. The van der Waals surface area contributed by atoms with Gasteiger partial charge in [0.15, 0.2) is 11.5 Å². The van der Waals surface area contributed by atoms with Crippen LogP contribution in [0.15, 0.2) is 71.1 Å². The van der Waals surface area contributed by atoms with E-state index in [2.05, 4.69) is 27.1 Å². The van der Waals surface area contributed by atoms with Crippen molar-refractivity contribution in [2.45, 2.75) is 25.8 Å². The molecule has 6 rings (SSSR count). The van der Waals surface area contributed by atoms with E-state index in [0.29, 0.717) is 47.6 Å². The number of rotatable bonds is 6. The number of aryl methyl sites for hydroxylation is 1. The Morgan fingerprint density at radius 1 is 1.02 bits per heavy atom. The number of hydrogen-bond acceptors (Lipinski definition) is 6. The lowest BCUT2D eigenvalue weighted by Crippen LogP contribution is -2.44. The minimum absolute atomic E-state index is 0.00846. The fourth-order valence-corrected chi connectivity index (χ4v) is 5.93. The number of hydrogen-bond donors (Lipinski definition) is 1. The van der Waals surface area contributed by atoms with E-state index in [4.69, 9.17) is 4.42 Å². The smallest absolute Gasteiger partial charge is 0.254 e. The largest absolute Gasteiger partial charge is 0.441 e. The molecule has 2 aliphatic rings. The summed E-state index contributed by atoms with van der Waals surface area (Å²) in [7, 11) is 2.13. The SMILES string of the molecule is Cc1nc2cc(C(=O)N3C[C@H](Cc4cccc(F)c4)C[C@H]3C(=O)Nc3ccc(N4CCN(C)CC4)cc3)ccc2o1. The minimum atomic E-state index is -0.659. The molecule has 8 nitrogen and oxygen atoms in total. The van der Waals surface area contributed by atoms with Crippen LogP contribution >= 0.6 is 0 Å². The van der Waals surface area contributed by atoms with Crippen LogP contribution in [0.3, 0.4) is 0 Å². The molecule has 2 amide bonds. The van der Waals surface area contributed by atoms with Gasteiger partial charge in [0.25, 0.3) is 5.91 Å². The maximum Gasteiger partial charge on any atom is 0.254 e. The number of halogens is 1. The normalized spacial score (nSPS) is 19.6. The summed E-state index contributed by atoms with van der Waals surface area (Å²) in [6.45, 7) is 6.12. The number of anilines is 2. The second-order valence-corrected chi connectivity index (χ2v) is 11.2. The Morgan fingerprint density at radius 2 is 1.80 bits per heavy atom. The van der Waals surface area contributed by atoms with Crippen molar-refractivity contribution in [3.05, 3.63) is 89.6 Å². The fourth-order valence-electron chi connectivity index (χ4n) is 5.93. The van der Waals surface area contributed by atoms with Crippen LogP contribution in [0.5, 0.6) is 0 Å². The molecule has 2 fully saturated rings. The number of benzene rings is 3. The number of nitrogens with zero attached hydrogens (tertiary/aromatic N) is 4. The molecular formula is C32H34FN5O3. The van der Waals surface area contributed by atoms with Gasteiger partial charge in [0, 0.05) is 56.6 Å². The monoisotopic (exact) mass is 555 g/mol. The Hall–Kier alpha value is -4.24. The Bertz CT molecular complexity index is 1560. The van der Waals surface area contributed by atoms with E-state index in [1.54, 1.807) is 36.1 Å². The number of nitrogens with one attached hydrogen (secondary N) is 1. The molecule has 3 aromatic carbocycles. The van der Waals surface area contributed by atoms with E-state index in [1.165, 1.54) is 12.1 Å². The summed E-state index contributed by atoms with van der Waals surface area (Å²) in [6.07, 6.45) is 1.06. The first kappa shape index (κ1) is 27.0. The minimum Gasteiger partial charge on any atom is -0.441 e. The summed E-state index contributed by atoms with van der Waals surface area (Å²) in [6, 6.07) is 18.9. The summed E-state index contributed by atoms with van der Waals surface area (Å²) in [5.74, 6) is -0.226. The molecule has 0 unspecified atom stereocenters. The van der Waals surface area contributed by atoms with Crippen LogP contribution in [0.25, 0.3) is 11.1 Å². The van der Waals surface area contributed by atoms with Gasteiger partial charge in [0.05, 0.1) is 0 Å². The summed E-state index contributed by atoms with van der Waals surface area (Å²) in [4.78, 5) is 38.1. The molecule has 0 saturated carbocycles. The third-order valence-corrected chi connectivity index (χ3v) is 8.11. The molecule has 9 heteroatoms. The van der Waals surface area contributed by atoms with E-state index < -0.39 is 6.04 Å². The zero-order chi connectivity index (χ0) is 28.5. The molecule has 3 heterocycles. The molecule has 41 heavy (non-hydrogen) atoms. The Morgan fingerprint density at radius 3 is 2.56 bits per heavy atom. The van der Waals surface area contributed by atoms with Gasteiger partial charge >= 0.3 is 0 Å². The van der Waals surface area contributed by atoms with Crippen LogP contribution in [0, 0.1) is 18.7 Å². The predicted molar refractivity (Wildman–Crippen MR) is 157 cm³/mol.